The van der Waals surface area contributed by atoms with E-state index in [4.69, 9.17) is 0 Å². The molecule has 0 spiro atoms. The largest absolute Gasteiger partial charge is 0.105 e. The summed E-state index contributed by atoms with van der Waals surface area (Å²) in [6, 6.07) is 20.5. The van der Waals surface area contributed by atoms with Gasteiger partial charge in [-0.2, -0.15) is 0 Å². The van der Waals surface area contributed by atoms with Gasteiger partial charge in [-0.1, -0.05) is 132 Å². The molecule has 2 aliphatic rings. The molecule has 4 rings (SSSR count). The Hall–Kier alpha value is -2.12. The maximum absolute atomic E-state index is 2.64. The number of fused-ring (bicyclic) bond motifs is 1. The van der Waals surface area contributed by atoms with Crippen LogP contribution in [0.25, 0.3) is 5.57 Å². The summed E-state index contributed by atoms with van der Waals surface area (Å²) in [5.74, 6) is 0. The third-order valence-corrected chi connectivity index (χ3v) is 12.3. The summed E-state index contributed by atoms with van der Waals surface area (Å²) in [4.78, 5) is 0. The van der Waals surface area contributed by atoms with E-state index in [1.165, 1.54) is 22.3 Å². The molecule has 0 saturated heterocycles. The van der Waals surface area contributed by atoms with Gasteiger partial charge in [-0.3, -0.25) is 0 Å². The van der Waals surface area contributed by atoms with Crippen LogP contribution < -0.4 is 5.19 Å². The van der Waals surface area contributed by atoms with Crippen LogP contribution in [0.5, 0.6) is 0 Å². The summed E-state index contributed by atoms with van der Waals surface area (Å²) in [5, 5.41) is 1.55. The van der Waals surface area contributed by atoms with E-state index >= 15 is 0 Å². The number of hydrogen-bond donors (Lipinski definition) is 0. The number of allylic oxidation sites excluding steroid dienone is 6. The highest BCUT2D eigenvalue weighted by Crippen LogP contribution is 2.51. The highest BCUT2D eigenvalue weighted by molar-refractivity contribution is 6.94. The van der Waals surface area contributed by atoms with Crippen molar-refractivity contribution in [1.29, 1.82) is 0 Å². The van der Waals surface area contributed by atoms with Crippen molar-refractivity contribution in [3.8, 4) is 0 Å². The molecule has 0 aromatic heterocycles. The topological polar surface area (TPSA) is 0 Å². The van der Waals surface area contributed by atoms with Gasteiger partial charge in [0, 0.05) is 5.54 Å². The van der Waals surface area contributed by atoms with E-state index in [9.17, 15) is 0 Å². The van der Waals surface area contributed by atoms with Crippen molar-refractivity contribution >= 4 is 18.8 Å². The first kappa shape index (κ1) is 21.1. The minimum atomic E-state index is -1.99. The molecule has 0 radical (unpaired) electrons. The first-order valence-corrected chi connectivity index (χ1v) is 14.0. The number of rotatable bonds is 3. The summed E-state index contributed by atoms with van der Waals surface area (Å²) >= 11 is 0. The van der Waals surface area contributed by atoms with Crippen molar-refractivity contribution < 1.29 is 0 Å². The maximum atomic E-state index is 2.64. The van der Waals surface area contributed by atoms with E-state index in [0.29, 0.717) is 11.1 Å². The fourth-order valence-electron chi connectivity index (χ4n) is 5.27. The fraction of sp³-hybridized carbons (Fsp3) is 0.379. The zero-order valence-electron chi connectivity index (χ0n) is 19.7. The standard InChI is InChI=1S/C29H36Si/c1-28(2,3)21-17-18-23(19-21)30(7,22-13-9-8-10-14-22)27-20-26(29(4,5)6)24-15-11-12-16-25(24)27/h8-20,23,27H,1-7H3. The maximum Gasteiger partial charge on any atom is 0.105 e. The van der Waals surface area contributed by atoms with Crippen LogP contribution in [0.4, 0.5) is 0 Å². The van der Waals surface area contributed by atoms with Crippen molar-refractivity contribution in [2.24, 2.45) is 10.8 Å². The van der Waals surface area contributed by atoms with Gasteiger partial charge in [0.15, 0.2) is 0 Å². The average Bonchev–Trinajstić information content (AvgIpc) is 3.33. The molecule has 0 heterocycles. The van der Waals surface area contributed by atoms with Gasteiger partial charge in [0.25, 0.3) is 0 Å². The van der Waals surface area contributed by atoms with Crippen molar-refractivity contribution in [3.63, 3.8) is 0 Å². The summed E-state index contributed by atoms with van der Waals surface area (Å²) in [6.07, 6.45) is 10.1. The zero-order chi connectivity index (χ0) is 21.7. The Morgan fingerprint density at radius 3 is 1.97 bits per heavy atom. The Labute approximate surface area is 184 Å². The third-order valence-electron chi connectivity index (χ3n) is 7.17. The van der Waals surface area contributed by atoms with Crippen LogP contribution in [0.2, 0.25) is 12.1 Å². The molecule has 0 saturated carbocycles. The average molecular weight is 413 g/mol. The van der Waals surface area contributed by atoms with Crippen molar-refractivity contribution in [2.75, 3.05) is 0 Å². The number of benzene rings is 2. The molecule has 3 unspecified atom stereocenters. The van der Waals surface area contributed by atoms with Gasteiger partial charge in [0.05, 0.1) is 0 Å². The molecule has 156 valence electrons. The van der Waals surface area contributed by atoms with E-state index in [1.807, 2.05) is 0 Å². The Bertz CT molecular complexity index is 1020. The van der Waals surface area contributed by atoms with Crippen molar-refractivity contribution in [2.45, 2.75) is 59.2 Å². The SMILES string of the molecule is CC(C)(C)C1=CC([Si](C)(c2ccccc2)C2C=C(C(C)(C)C)c3ccccc32)C=C1. The van der Waals surface area contributed by atoms with Crippen molar-refractivity contribution in [3.05, 3.63) is 95.6 Å². The normalized spacial score (nSPS) is 23.0. The van der Waals surface area contributed by atoms with Gasteiger partial charge in [-0.25, -0.2) is 0 Å². The minimum absolute atomic E-state index is 0.148. The van der Waals surface area contributed by atoms with Crippen LogP contribution in [0.1, 0.15) is 58.2 Å². The molecule has 2 aliphatic carbocycles. The highest BCUT2D eigenvalue weighted by atomic mass is 28.3. The molecule has 3 atom stereocenters. The quantitative estimate of drug-likeness (QED) is 0.454. The van der Waals surface area contributed by atoms with Crippen LogP contribution in [0.3, 0.4) is 0 Å². The van der Waals surface area contributed by atoms with Crippen LogP contribution in [0, 0.1) is 10.8 Å². The molecule has 0 fully saturated rings. The Kier molecular flexibility index (Phi) is 5.09. The molecule has 2 aromatic rings. The van der Waals surface area contributed by atoms with Crippen LogP contribution >= 0.6 is 0 Å². The molecule has 0 N–H and O–H groups in total. The van der Waals surface area contributed by atoms with Crippen LogP contribution in [-0.2, 0) is 0 Å². The second-order valence-electron chi connectivity index (χ2n) is 11.3. The van der Waals surface area contributed by atoms with Crippen molar-refractivity contribution in [1.82, 2.24) is 0 Å². The van der Waals surface area contributed by atoms with E-state index in [0.717, 1.165) is 0 Å². The Balaban J connectivity index is 1.92. The molecule has 0 aliphatic heterocycles. The van der Waals surface area contributed by atoms with Gasteiger partial charge in [-0.15, -0.1) is 0 Å². The zero-order valence-corrected chi connectivity index (χ0v) is 20.7. The molecule has 2 aromatic carbocycles. The van der Waals surface area contributed by atoms with Crippen LogP contribution in [0.15, 0.2) is 84.5 Å². The lowest BCUT2D eigenvalue weighted by Gasteiger charge is -2.38. The predicted octanol–water partition coefficient (Wildman–Crippen LogP) is 7.65. The second kappa shape index (κ2) is 7.23. The lowest BCUT2D eigenvalue weighted by Crippen LogP contribution is -2.52. The van der Waals surface area contributed by atoms with Gasteiger partial charge >= 0.3 is 0 Å². The van der Waals surface area contributed by atoms with E-state index in [1.54, 1.807) is 5.19 Å². The summed E-state index contributed by atoms with van der Waals surface area (Å²) in [7, 11) is -1.99. The molecular weight excluding hydrogens is 376 g/mol. The second-order valence-corrected chi connectivity index (χ2v) is 15.7. The van der Waals surface area contributed by atoms with Crippen LogP contribution in [-0.4, -0.2) is 8.07 Å². The number of hydrogen-bond acceptors (Lipinski definition) is 0. The fourth-order valence-corrected chi connectivity index (χ4v) is 9.77. The first-order valence-electron chi connectivity index (χ1n) is 11.3. The van der Waals surface area contributed by atoms with Gasteiger partial charge in [-0.05, 0) is 38.6 Å². The molecular formula is C29H36Si. The predicted molar refractivity (Wildman–Crippen MR) is 135 cm³/mol. The van der Waals surface area contributed by atoms with Gasteiger partial charge in [0.1, 0.15) is 8.07 Å². The van der Waals surface area contributed by atoms with E-state index in [2.05, 4.69) is 127 Å². The molecule has 1 heteroatoms. The molecule has 0 bridgehead atoms. The summed E-state index contributed by atoms with van der Waals surface area (Å²) in [5.41, 5.74) is 7.32. The Morgan fingerprint density at radius 1 is 0.733 bits per heavy atom. The monoisotopic (exact) mass is 412 g/mol. The summed E-state index contributed by atoms with van der Waals surface area (Å²) in [6.45, 7) is 16.7. The highest BCUT2D eigenvalue weighted by Gasteiger charge is 2.48. The van der Waals surface area contributed by atoms with Gasteiger partial charge in [0.2, 0.25) is 0 Å². The minimum Gasteiger partial charge on any atom is -0.0796 e. The summed E-state index contributed by atoms with van der Waals surface area (Å²) < 4.78 is 0. The smallest absolute Gasteiger partial charge is 0.0796 e. The lowest BCUT2D eigenvalue weighted by atomic mass is 9.83. The van der Waals surface area contributed by atoms with E-state index in [-0.39, 0.29) is 10.8 Å². The third kappa shape index (κ3) is 3.48. The van der Waals surface area contributed by atoms with Gasteiger partial charge < -0.3 is 0 Å². The first-order chi connectivity index (χ1) is 14.0. The molecule has 0 amide bonds. The lowest BCUT2D eigenvalue weighted by molar-refractivity contribution is 0.517. The van der Waals surface area contributed by atoms with E-state index < -0.39 is 8.07 Å². The molecule has 0 nitrogen and oxygen atoms in total. The Morgan fingerprint density at radius 2 is 1.37 bits per heavy atom. The molecule has 30 heavy (non-hydrogen) atoms.